The molecule has 0 atom stereocenters. The van der Waals surface area contributed by atoms with Gasteiger partial charge in [-0.25, -0.2) is 0 Å². The summed E-state index contributed by atoms with van der Waals surface area (Å²) in [7, 11) is 0. The van der Waals surface area contributed by atoms with E-state index in [0.29, 0.717) is 0 Å². The summed E-state index contributed by atoms with van der Waals surface area (Å²) in [5.41, 5.74) is 14.7. The molecule has 42 heavy (non-hydrogen) atoms. The highest BCUT2D eigenvalue weighted by atomic mass is 15.2. The molecule has 5 aromatic rings. The van der Waals surface area contributed by atoms with Crippen molar-refractivity contribution < 1.29 is 0 Å². The van der Waals surface area contributed by atoms with Crippen molar-refractivity contribution in [2.75, 3.05) is 4.90 Å². The molecule has 3 heterocycles. The maximum atomic E-state index is 2.54. The maximum absolute atomic E-state index is 2.54. The summed E-state index contributed by atoms with van der Waals surface area (Å²) in [4.78, 5) is 2.43. The first-order valence-electron chi connectivity index (χ1n) is 15.3. The molecule has 0 N–H and O–H groups in total. The fourth-order valence-corrected chi connectivity index (χ4v) is 7.59. The molecule has 2 aliphatic heterocycles. The number of hydrogen-bond donors (Lipinski definition) is 0. The van der Waals surface area contributed by atoms with Crippen LogP contribution in [-0.4, -0.2) is 4.57 Å². The highest BCUT2D eigenvalue weighted by Crippen LogP contribution is 2.46. The van der Waals surface area contributed by atoms with Crippen molar-refractivity contribution in [3.05, 3.63) is 130 Å². The molecule has 0 radical (unpaired) electrons. The van der Waals surface area contributed by atoms with Crippen LogP contribution in [0.25, 0.3) is 39.4 Å². The number of hydrogen-bond acceptors (Lipinski definition) is 1. The smallest absolute Gasteiger partial charge is 0.0541 e. The van der Waals surface area contributed by atoms with Crippen LogP contribution in [0.3, 0.4) is 0 Å². The first-order chi connectivity index (χ1) is 20.5. The monoisotopic (exact) mass is 544 g/mol. The van der Waals surface area contributed by atoms with Gasteiger partial charge in [-0.1, -0.05) is 80.6 Å². The lowest BCUT2D eigenvalue weighted by atomic mass is 9.72. The first kappa shape index (κ1) is 25.2. The molecule has 8 rings (SSSR count). The Morgan fingerprint density at radius 1 is 0.786 bits per heavy atom. The molecule has 4 aromatic carbocycles. The minimum Gasteiger partial charge on any atom is -0.310 e. The Bertz CT molecular complexity index is 2100. The van der Waals surface area contributed by atoms with Crippen LogP contribution in [0.2, 0.25) is 0 Å². The minimum absolute atomic E-state index is 0.0563. The van der Waals surface area contributed by atoms with E-state index in [2.05, 4.69) is 146 Å². The second-order valence-corrected chi connectivity index (χ2v) is 12.5. The molecule has 3 aliphatic rings. The molecule has 2 heteroatoms. The average Bonchev–Trinajstić information content (AvgIpc) is 3.36. The van der Waals surface area contributed by atoms with Crippen molar-refractivity contribution in [3.8, 4) is 11.1 Å². The maximum Gasteiger partial charge on any atom is 0.0541 e. The van der Waals surface area contributed by atoms with E-state index in [1.54, 1.807) is 5.57 Å². The van der Waals surface area contributed by atoms with Gasteiger partial charge in [0.25, 0.3) is 0 Å². The quantitative estimate of drug-likeness (QED) is 0.211. The van der Waals surface area contributed by atoms with E-state index in [1.807, 2.05) is 0 Å². The van der Waals surface area contributed by atoms with Crippen molar-refractivity contribution in [2.45, 2.75) is 47.0 Å². The summed E-state index contributed by atoms with van der Waals surface area (Å²) in [6, 6.07) is 33.7. The van der Waals surface area contributed by atoms with Crippen LogP contribution >= 0.6 is 0 Å². The number of aromatic nitrogens is 1. The SMILES string of the molecule is C/C=c1\c2n(c3ccc(-c4ccc5c(c4)N(c4ccccc4)c4ccccc4C5)cc13)C1=C(CCC=C1)C(C)(C)C=2C. The van der Waals surface area contributed by atoms with Gasteiger partial charge in [-0.05, 0) is 103 Å². The summed E-state index contributed by atoms with van der Waals surface area (Å²) >= 11 is 0. The Hall–Kier alpha value is -4.56. The van der Waals surface area contributed by atoms with Gasteiger partial charge in [0.1, 0.15) is 0 Å². The Kier molecular flexibility index (Phi) is 5.53. The molecule has 1 aromatic heterocycles. The molecule has 0 saturated heterocycles. The predicted molar refractivity (Wildman–Crippen MR) is 179 cm³/mol. The van der Waals surface area contributed by atoms with Crippen LogP contribution in [0.4, 0.5) is 17.1 Å². The Balaban J connectivity index is 1.34. The number of allylic oxidation sites excluding steroid dienone is 4. The van der Waals surface area contributed by atoms with E-state index in [4.69, 9.17) is 0 Å². The molecule has 0 fully saturated rings. The van der Waals surface area contributed by atoms with Crippen molar-refractivity contribution >= 4 is 45.3 Å². The van der Waals surface area contributed by atoms with Crippen LogP contribution in [0, 0.1) is 5.41 Å². The first-order valence-corrected chi connectivity index (χ1v) is 15.3. The van der Waals surface area contributed by atoms with Crippen molar-refractivity contribution in [1.29, 1.82) is 0 Å². The molecule has 206 valence electrons. The number of nitrogens with zero attached hydrogens (tertiary/aromatic N) is 2. The third-order valence-electron chi connectivity index (χ3n) is 10.0. The minimum atomic E-state index is 0.0563. The summed E-state index contributed by atoms with van der Waals surface area (Å²) in [5.74, 6) is 0. The van der Waals surface area contributed by atoms with Gasteiger partial charge >= 0.3 is 0 Å². The Morgan fingerprint density at radius 3 is 2.36 bits per heavy atom. The van der Waals surface area contributed by atoms with Crippen LogP contribution in [-0.2, 0) is 6.42 Å². The normalized spacial score (nSPS) is 17.3. The Morgan fingerprint density at radius 2 is 1.52 bits per heavy atom. The fraction of sp³-hybridized carbons (Fsp3) is 0.200. The number of para-hydroxylation sites is 2. The van der Waals surface area contributed by atoms with Gasteiger partial charge in [0.15, 0.2) is 0 Å². The number of fused-ring (bicyclic) bond motifs is 6. The highest BCUT2D eigenvalue weighted by molar-refractivity contribution is 5.94. The molecule has 0 bridgehead atoms. The van der Waals surface area contributed by atoms with E-state index in [9.17, 15) is 0 Å². The number of rotatable bonds is 2. The van der Waals surface area contributed by atoms with Crippen molar-refractivity contribution in [1.82, 2.24) is 4.57 Å². The lowest BCUT2D eigenvalue weighted by Gasteiger charge is -2.37. The molecule has 2 nitrogen and oxygen atoms in total. The summed E-state index contributed by atoms with van der Waals surface area (Å²) in [5, 5.41) is 4.05. The second-order valence-electron chi connectivity index (χ2n) is 12.5. The number of anilines is 3. The van der Waals surface area contributed by atoms with Gasteiger partial charge in [0.05, 0.1) is 16.6 Å². The van der Waals surface area contributed by atoms with Gasteiger partial charge < -0.3 is 9.47 Å². The van der Waals surface area contributed by atoms with E-state index in [-0.39, 0.29) is 5.41 Å². The molecule has 0 unspecified atom stereocenters. The zero-order valence-corrected chi connectivity index (χ0v) is 24.9. The molecular formula is C40H36N2. The summed E-state index contributed by atoms with van der Waals surface area (Å²) in [6.07, 6.45) is 10.2. The largest absolute Gasteiger partial charge is 0.310 e. The van der Waals surface area contributed by atoms with Crippen LogP contribution in [0.15, 0.2) is 109 Å². The Labute approximate surface area is 248 Å². The third kappa shape index (κ3) is 3.51. The van der Waals surface area contributed by atoms with E-state index < -0.39 is 0 Å². The van der Waals surface area contributed by atoms with Crippen LogP contribution in [0.1, 0.15) is 51.7 Å². The van der Waals surface area contributed by atoms with Gasteiger partial charge in [0, 0.05) is 39.5 Å². The van der Waals surface area contributed by atoms with Gasteiger partial charge in [-0.3, -0.25) is 0 Å². The lowest BCUT2D eigenvalue weighted by Crippen LogP contribution is -2.40. The van der Waals surface area contributed by atoms with Crippen LogP contribution in [0.5, 0.6) is 0 Å². The topological polar surface area (TPSA) is 8.17 Å². The fourth-order valence-electron chi connectivity index (χ4n) is 7.59. The molecule has 0 spiro atoms. The standard InChI is InChI=1S/C40H36N2/c1-5-32-33-24-27(21-22-36(33)42-37-18-12-10-16-34(37)40(3,4)26(2)39(32)42)28-19-20-30-23-29-13-9-11-17-35(29)41(38(30)25-28)31-14-7-6-8-15-31/h5-9,11-15,17-22,24-25H,10,16,23H2,1-4H3/b32-5-. The van der Waals surface area contributed by atoms with E-state index in [0.717, 1.165) is 19.3 Å². The van der Waals surface area contributed by atoms with Gasteiger partial charge in [0.2, 0.25) is 0 Å². The third-order valence-corrected chi connectivity index (χ3v) is 10.0. The molecule has 1 aliphatic carbocycles. The lowest BCUT2D eigenvalue weighted by molar-refractivity contribution is 0.550. The zero-order valence-electron chi connectivity index (χ0n) is 24.9. The second kappa shape index (κ2) is 9.22. The average molecular weight is 545 g/mol. The summed E-state index contributed by atoms with van der Waals surface area (Å²) in [6.45, 7) is 9.36. The molecule has 0 amide bonds. The zero-order chi connectivity index (χ0) is 28.6. The van der Waals surface area contributed by atoms with Gasteiger partial charge in [-0.15, -0.1) is 0 Å². The highest BCUT2D eigenvalue weighted by Gasteiger charge is 2.34. The predicted octanol–water partition coefficient (Wildman–Crippen LogP) is 9.25. The van der Waals surface area contributed by atoms with E-state index in [1.165, 1.54) is 72.1 Å². The van der Waals surface area contributed by atoms with Crippen molar-refractivity contribution in [2.24, 2.45) is 5.41 Å². The van der Waals surface area contributed by atoms with E-state index >= 15 is 0 Å². The number of benzene rings is 4. The summed E-state index contributed by atoms with van der Waals surface area (Å²) < 4.78 is 2.54. The molecule has 0 saturated carbocycles. The van der Waals surface area contributed by atoms with Crippen LogP contribution < -0.4 is 15.5 Å². The van der Waals surface area contributed by atoms with Crippen molar-refractivity contribution in [3.63, 3.8) is 0 Å². The van der Waals surface area contributed by atoms with Gasteiger partial charge in [-0.2, -0.15) is 0 Å². The molecular weight excluding hydrogens is 508 g/mol.